The first kappa shape index (κ1) is 21.7. The molecule has 9 nitrogen and oxygen atoms in total. The number of pyridine rings is 1. The van der Waals surface area contributed by atoms with Gasteiger partial charge < -0.3 is 14.6 Å². The number of benzene rings is 1. The van der Waals surface area contributed by atoms with Crippen molar-refractivity contribution in [1.82, 2.24) is 14.5 Å². The second-order valence-electron chi connectivity index (χ2n) is 6.41. The lowest BCUT2D eigenvalue weighted by atomic mass is 10.1. The number of hydrogen-bond acceptors (Lipinski definition) is 7. The molecule has 3 aromatic rings. The quantitative estimate of drug-likeness (QED) is 0.327. The van der Waals surface area contributed by atoms with Crippen LogP contribution in [0.25, 0.3) is 0 Å². The minimum atomic E-state index is -4.53. The molecule has 0 unspecified atom stereocenters. The molecular formula is C19H16F3N5O4. The molecule has 0 saturated carbocycles. The summed E-state index contributed by atoms with van der Waals surface area (Å²) >= 11 is 0. The molecule has 0 atom stereocenters. The lowest BCUT2D eigenvalue weighted by Crippen LogP contribution is -2.20. The highest BCUT2D eigenvalue weighted by Crippen LogP contribution is 2.28. The molecule has 0 aliphatic carbocycles. The van der Waals surface area contributed by atoms with Crippen LogP contribution in [0.4, 0.5) is 24.5 Å². The molecule has 2 heterocycles. The Kier molecular flexibility index (Phi) is 6.18. The SMILES string of the molecule is Cn1ccnc1C(=O)c1ccc(NCc2cccnc2OCC(F)(F)F)c([N+](=O)[O-])c1. The molecule has 0 aliphatic heterocycles. The van der Waals surface area contributed by atoms with Crippen LogP contribution in [0.3, 0.4) is 0 Å². The number of aromatic nitrogens is 3. The average molecular weight is 435 g/mol. The molecule has 1 N–H and O–H groups in total. The first-order valence-corrected chi connectivity index (χ1v) is 8.83. The number of aryl methyl sites for hydroxylation is 1. The van der Waals surface area contributed by atoms with Gasteiger partial charge in [-0.3, -0.25) is 14.9 Å². The number of rotatable bonds is 8. The highest BCUT2D eigenvalue weighted by atomic mass is 19.4. The number of ether oxygens (including phenoxy) is 1. The van der Waals surface area contributed by atoms with Gasteiger partial charge in [0.2, 0.25) is 11.7 Å². The van der Waals surface area contributed by atoms with Gasteiger partial charge in [0.15, 0.2) is 12.4 Å². The molecule has 31 heavy (non-hydrogen) atoms. The fraction of sp³-hybridized carbons (Fsp3) is 0.211. The zero-order valence-corrected chi connectivity index (χ0v) is 16.1. The van der Waals surface area contributed by atoms with Crippen molar-refractivity contribution < 1.29 is 27.6 Å². The summed E-state index contributed by atoms with van der Waals surface area (Å²) in [5, 5.41) is 14.3. The number of nitro benzene ring substituents is 1. The summed E-state index contributed by atoms with van der Waals surface area (Å²) in [5.74, 6) is -0.606. The summed E-state index contributed by atoms with van der Waals surface area (Å²) < 4.78 is 43.5. The standard InChI is InChI=1S/C19H16F3N5O4/c1-26-8-7-23-17(26)16(28)12-4-5-14(15(9-12)27(29)30)25-10-13-3-2-6-24-18(13)31-11-19(20,21)22/h2-9,25H,10-11H2,1H3. The maximum absolute atomic E-state index is 12.5. The molecule has 2 aromatic heterocycles. The number of nitrogens with one attached hydrogen (secondary N) is 1. The van der Waals surface area contributed by atoms with E-state index in [2.05, 4.69) is 15.3 Å². The van der Waals surface area contributed by atoms with Crippen molar-refractivity contribution in [3.8, 4) is 5.88 Å². The highest BCUT2D eigenvalue weighted by molar-refractivity contribution is 6.07. The third kappa shape index (κ3) is 5.35. The number of carbonyl (C=O) groups is 1. The second kappa shape index (κ2) is 8.81. The first-order chi connectivity index (χ1) is 14.7. The zero-order valence-electron chi connectivity index (χ0n) is 16.1. The van der Waals surface area contributed by atoms with E-state index >= 15 is 0 Å². The summed E-state index contributed by atoms with van der Waals surface area (Å²) in [6, 6.07) is 6.85. The Labute approximate surface area is 173 Å². The molecule has 0 fully saturated rings. The zero-order chi connectivity index (χ0) is 22.6. The molecule has 0 bridgehead atoms. The average Bonchev–Trinajstić information content (AvgIpc) is 3.15. The smallest absolute Gasteiger partial charge is 0.422 e. The van der Waals surface area contributed by atoms with Crippen molar-refractivity contribution in [3.05, 3.63) is 76.0 Å². The Balaban J connectivity index is 1.81. The fourth-order valence-electron chi connectivity index (χ4n) is 2.72. The van der Waals surface area contributed by atoms with E-state index in [4.69, 9.17) is 4.74 Å². The summed E-state index contributed by atoms with van der Waals surface area (Å²) in [6.07, 6.45) is -0.250. The van der Waals surface area contributed by atoms with Crippen molar-refractivity contribution >= 4 is 17.2 Å². The Bertz CT molecular complexity index is 1110. The predicted octanol–water partition coefficient (Wildman–Crippen LogP) is 3.51. The van der Waals surface area contributed by atoms with Gasteiger partial charge in [0.05, 0.1) is 4.92 Å². The minimum Gasteiger partial charge on any atom is -0.468 e. The molecule has 0 aliphatic rings. The Morgan fingerprint density at radius 3 is 2.68 bits per heavy atom. The molecule has 0 amide bonds. The van der Waals surface area contributed by atoms with E-state index in [1.165, 1.54) is 41.2 Å². The molecule has 0 radical (unpaired) electrons. The normalized spacial score (nSPS) is 11.2. The number of halogens is 3. The number of imidazole rings is 1. The van der Waals surface area contributed by atoms with E-state index < -0.39 is 23.5 Å². The minimum absolute atomic E-state index is 0.0714. The molecule has 0 saturated heterocycles. The van der Waals surface area contributed by atoms with Gasteiger partial charge in [-0.15, -0.1) is 0 Å². The van der Waals surface area contributed by atoms with Gasteiger partial charge >= 0.3 is 6.18 Å². The van der Waals surface area contributed by atoms with Crippen molar-refractivity contribution in [2.75, 3.05) is 11.9 Å². The summed E-state index contributed by atoms with van der Waals surface area (Å²) in [7, 11) is 1.62. The number of carbonyl (C=O) groups excluding carboxylic acids is 1. The number of nitrogens with zero attached hydrogens (tertiary/aromatic N) is 4. The predicted molar refractivity (Wildman–Crippen MR) is 103 cm³/mol. The van der Waals surface area contributed by atoms with Crippen LogP contribution in [0.5, 0.6) is 5.88 Å². The Morgan fingerprint density at radius 1 is 1.26 bits per heavy atom. The Morgan fingerprint density at radius 2 is 2.03 bits per heavy atom. The van der Waals surface area contributed by atoms with Crippen molar-refractivity contribution in [2.24, 2.45) is 7.05 Å². The molecule has 162 valence electrons. The summed E-state index contributed by atoms with van der Waals surface area (Å²) in [5.41, 5.74) is 0.0464. The van der Waals surface area contributed by atoms with E-state index in [-0.39, 0.29) is 40.8 Å². The van der Waals surface area contributed by atoms with Crippen LogP contribution in [0.1, 0.15) is 21.7 Å². The molecule has 0 spiro atoms. The number of nitro groups is 1. The monoisotopic (exact) mass is 435 g/mol. The van der Waals surface area contributed by atoms with Crippen molar-refractivity contribution in [1.29, 1.82) is 0 Å². The van der Waals surface area contributed by atoms with Gasteiger partial charge in [-0.2, -0.15) is 13.2 Å². The number of alkyl halides is 3. The number of ketones is 1. The van der Waals surface area contributed by atoms with Gasteiger partial charge in [0, 0.05) is 49.4 Å². The van der Waals surface area contributed by atoms with Crippen LogP contribution in [0.2, 0.25) is 0 Å². The molecule has 1 aromatic carbocycles. The van der Waals surface area contributed by atoms with E-state index in [0.717, 1.165) is 6.07 Å². The third-order valence-corrected chi connectivity index (χ3v) is 4.17. The summed E-state index contributed by atoms with van der Waals surface area (Å²) in [4.78, 5) is 31.1. The van der Waals surface area contributed by atoms with E-state index in [9.17, 15) is 28.1 Å². The van der Waals surface area contributed by atoms with E-state index in [1.807, 2.05) is 0 Å². The van der Waals surface area contributed by atoms with Crippen molar-refractivity contribution in [2.45, 2.75) is 12.7 Å². The molecule has 12 heteroatoms. The van der Waals surface area contributed by atoms with Gasteiger partial charge in [-0.1, -0.05) is 6.07 Å². The maximum atomic E-state index is 12.5. The van der Waals surface area contributed by atoms with Crippen LogP contribution in [-0.4, -0.2) is 38.0 Å². The maximum Gasteiger partial charge on any atom is 0.422 e. The van der Waals surface area contributed by atoms with Crippen LogP contribution in [-0.2, 0) is 13.6 Å². The van der Waals surface area contributed by atoms with Gasteiger partial charge in [-0.05, 0) is 18.2 Å². The lowest BCUT2D eigenvalue weighted by molar-refractivity contribution is -0.384. The largest absolute Gasteiger partial charge is 0.468 e. The van der Waals surface area contributed by atoms with Crippen LogP contribution in [0, 0.1) is 10.1 Å². The van der Waals surface area contributed by atoms with E-state index in [0.29, 0.717) is 0 Å². The van der Waals surface area contributed by atoms with Crippen LogP contribution in [0.15, 0.2) is 48.9 Å². The lowest BCUT2D eigenvalue weighted by Gasteiger charge is -2.13. The summed E-state index contributed by atoms with van der Waals surface area (Å²) in [6.45, 7) is -1.60. The number of anilines is 1. The van der Waals surface area contributed by atoms with Gasteiger partial charge in [-0.25, -0.2) is 9.97 Å². The second-order valence-corrected chi connectivity index (χ2v) is 6.41. The molecule has 3 rings (SSSR count). The first-order valence-electron chi connectivity index (χ1n) is 8.83. The van der Waals surface area contributed by atoms with Gasteiger partial charge in [0.25, 0.3) is 5.69 Å². The van der Waals surface area contributed by atoms with Gasteiger partial charge in [0.1, 0.15) is 5.69 Å². The fourth-order valence-corrected chi connectivity index (χ4v) is 2.72. The molecular weight excluding hydrogens is 419 g/mol. The van der Waals surface area contributed by atoms with Crippen LogP contribution < -0.4 is 10.1 Å². The Hall–Kier alpha value is -3.96. The number of hydrogen-bond donors (Lipinski definition) is 1. The third-order valence-electron chi connectivity index (χ3n) is 4.17. The topological polar surface area (TPSA) is 112 Å². The van der Waals surface area contributed by atoms with Crippen molar-refractivity contribution in [3.63, 3.8) is 0 Å². The van der Waals surface area contributed by atoms with E-state index in [1.54, 1.807) is 13.2 Å². The highest BCUT2D eigenvalue weighted by Gasteiger charge is 2.29. The van der Waals surface area contributed by atoms with Crippen LogP contribution >= 0.6 is 0 Å².